The van der Waals surface area contributed by atoms with Crippen molar-refractivity contribution >= 4 is 23.9 Å². The molecule has 10 heteroatoms. The third kappa shape index (κ3) is 46.2. The highest BCUT2D eigenvalue weighted by Gasteiger charge is 2.20. The second-order valence-corrected chi connectivity index (χ2v) is 19.9. The summed E-state index contributed by atoms with van der Waals surface area (Å²) in [5.41, 5.74) is -0.350. The van der Waals surface area contributed by atoms with Crippen molar-refractivity contribution in [1.82, 2.24) is 16.0 Å². The maximum Gasteiger partial charge on any atom is 0.407 e. The molecule has 0 spiro atoms. The molecule has 3 N–H and O–H groups in total. The molecule has 0 saturated heterocycles. The van der Waals surface area contributed by atoms with Crippen LogP contribution >= 0.6 is 0 Å². The number of hydrogen-bond acceptors (Lipinski definition) is 7. The minimum absolute atomic E-state index is 0.00194. The molecule has 10 nitrogen and oxygen atoms in total. The first-order chi connectivity index (χ1) is 31.0. The molecule has 0 bridgehead atoms. The molecule has 1 unspecified atom stereocenters. The van der Waals surface area contributed by atoms with E-state index in [4.69, 9.17) is 14.2 Å². The van der Waals surface area contributed by atoms with Gasteiger partial charge in [0.15, 0.2) is 0 Å². The summed E-state index contributed by atoms with van der Waals surface area (Å²) in [5.74, 6) is -0.348. The Morgan fingerprint density at radius 3 is 1.34 bits per heavy atom. The predicted octanol–water partition coefficient (Wildman–Crippen LogP) is 14.4. The lowest BCUT2D eigenvalue weighted by Gasteiger charge is -2.26. The molecule has 0 radical (unpaired) electrons. The van der Waals surface area contributed by atoms with E-state index in [1.165, 1.54) is 167 Å². The van der Waals surface area contributed by atoms with E-state index in [2.05, 4.69) is 43.6 Å². The molecular weight excluding hydrogens is 803 g/mol. The first kappa shape index (κ1) is 61.6. The lowest BCUT2D eigenvalue weighted by atomic mass is 10.0. The van der Waals surface area contributed by atoms with E-state index in [1.54, 1.807) is 0 Å². The average molecular weight is 908 g/mol. The molecule has 3 amide bonds. The zero-order valence-corrected chi connectivity index (χ0v) is 43.0. The number of ether oxygens (including phenoxy) is 3. The van der Waals surface area contributed by atoms with E-state index >= 15 is 0 Å². The van der Waals surface area contributed by atoms with Crippen LogP contribution in [0, 0.1) is 5.92 Å². The van der Waals surface area contributed by atoms with Crippen molar-refractivity contribution in [3.63, 3.8) is 0 Å². The molecule has 0 rings (SSSR count). The first-order valence-electron chi connectivity index (χ1n) is 27.2. The summed E-state index contributed by atoms with van der Waals surface area (Å²) in [4.78, 5) is 50.6. The maximum atomic E-state index is 12.9. The van der Waals surface area contributed by atoms with Crippen LogP contribution in [-0.4, -0.2) is 68.4 Å². The summed E-state index contributed by atoms with van der Waals surface area (Å²) in [6.07, 6.45) is 41.0. The van der Waals surface area contributed by atoms with Gasteiger partial charge in [0.2, 0.25) is 11.8 Å². The van der Waals surface area contributed by atoms with Crippen LogP contribution in [0.4, 0.5) is 4.79 Å². The van der Waals surface area contributed by atoms with Crippen molar-refractivity contribution in [2.24, 2.45) is 5.92 Å². The number of unbranched alkanes of at least 4 members (excludes halogenated alkanes) is 29. The minimum Gasteiger partial charge on any atom is -0.463 e. The van der Waals surface area contributed by atoms with Gasteiger partial charge in [0, 0.05) is 32.5 Å². The number of esters is 1. The van der Waals surface area contributed by atoms with Crippen LogP contribution in [0.2, 0.25) is 0 Å². The Balaban J connectivity index is 4.48. The molecule has 0 aliphatic carbocycles. The van der Waals surface area contributed by atoms with E-state index in [1.807, 2.05) is 13.8 Å². The van der Waals surface area contributed by atoms with Crippen LogP contribution in [0.1, 0.15) is 273 Å². The van der Waals surface area contributed by atoms with Crippen LogP contribution in [0.3, 0.4) is 0 Å². The van der Waals surface area contributed by atoms with Gasteiger partial charge in [-0.15, -0.1) is 0 Å². The van der Waals surface area contributed by atoms with Gasteiger partial charge in [-0.1, -0.05) is 214 Å². The normalized spacial score (nSPS) is 12.0. The SMILES string of the molecule is CCCCCCCCCCCCCCCCCCNC(=O)OCC(COC(=O)CCC(=O)NCCC(C)(C)OCCC(C)C)NC(=O)CCCCCCCCCCCCCCCCC. The highest BCUT2D eigenvalue weighted by atomic mass is 16.6. The number of hydrogen-bond donors (Lipinski definition) is 3. The Morgan fingerprint density at radius 2 is 0.891 bits per heavy atom. The van der Waals surface area contributed by atoms with Crippen LogP contribution in [0.5, 0.6) is 0 Å². The zero-order chi connectivity index (χ0) is 47.2. The molecule has 0 aromatic rings. The maximum absolute atomic E-state index is 12.9. The zero-order valence-electron chi connectivity index (χ0n) is 43.0. The number of carbonyl (C=O) groups is 4. The Labute approximate surface area is 395 Å². The van der Waals surface area contributed by atoms with Crippen molar-refractivity contribution in [3.8, 4) is 0 Å². The van der Waals surface area contributed by atoms with Gasteiger partial charge in [0.1, 0.15) is 13.2 Å². The van der Waals surface area contributed by atoms with E-state index < -0.39 is 18.1 Å². The summed E-state index contributed by atoms with van der Waals surface area (Å²) in [6, 6.07) is -0.680. The monoisotopic (exact) mass is 908 g/mol. The largest absolute Gasteiger partial charge is 0.463 e. The molecule has 0 saturated carbocycles. The number of rotatable bonds is 48. The molecule has 0 aliphatic rings. The fraction of sp³-hybridized carbons (Fsp3) is 0.926. The second kappa shape index (κ2) is 45.8. The fourth-order valence-electron chi connectivity index (χ4n) is 7.89. The van der Waals surface area contributed by atoms with Gasteiger partial charge in [0.05, 0.1) is 18.1 Å². The topological polar surface area (TPSA) is 132 Å². The molecule has 0 aromatic carbocycles. The van der Waals surface area contributed by atoms with Crippen LogP contribution in [0.25, 0.3) is 0 Å². The van der Waals surface area contributed by atoms with Crippen molar-refractivity contribution in [1.29, 1.82) is 0 Å². The summed E-state index contributed by atoms with van der Waals surface area (Å²) in [7, 11) is 0. The van der Waals surface area contributed by atoms with Gasteiger partial charge >= 0.3 is 12.1 Å². The molecule has 0 aliphatic heterocycles. The quantitative estimate of drug-likeness (QED) is 0.0409. The van der Waals surface area contributed by atoms with Crippen LogP contribution in [-0.2, 0) is 28.6 Å². The third-order valence-corrected chi connectivity index (χ3v) is 12.3. The molecule has 0 fully saturated rings. The van der Waals surface area contributed by atoms with Crippen molar-refractivity contribution in [2.75, 3.05) is 32.9 Å². The lowest BCUT2D eigenvalue weighted by molar-refractivity contribution is -0.146. The highest BCUT2D eigenvalue weighted by molar-refractivity contribution is 5.81. The fourth-order valence-corrected chi connectivity index (χ4v) is 7.89. The summed E-state index contributed by atoms with van der Waals surface area (Å²) < 4.78 is 16.9. The predicted molar refractivity (Wildman–Crippen MR) is 268 cm³/mol. The van der Waals surface area contributed by atoms with E-state index in [9.17, 15) is 19.2 Å². The standard InChI is InChI=1S/C54H105N3O7/c1-7-9-11-13-15-17-19-21-23-25-27-29-31-33-35-37-43-56-53(61)63-47-49(46-62-52(60)40-39-50(58)55-44-42-54(5,6)64-45-41-48(3)4)57-51(59)38-36-34-32-30-28-26-24-22-20-18-16-14-12-10-8-2/h48-49H,7-47H2,1-6H3,(H,55,58)(H,56,61)(H,57,59). The minimum atomic E-state index is -0.680. The number of alkyl carbamates (subject to hydrolysis) is 1. The number of amides is 3. The molecular formula is C54H105N3O7. The summed E-state index contributed by atoms with van der Waals surface area (Å²) >= 11 is 0. The van der Waals surface area contributed by atoms with Gasteiger partial charge in [0.25, 0.3) is 0 Å². The van der Waals surface area contributed by atoms with Gasteiger partial charge < -0.3 is 30.2 Å². The molecule has 378 valence electrons. The lowest BCUT2D eigenvalue weighted by Crippen LogP contribution is -2.43. The van der Waals surface area contributed by atoms with Crippen LogP contribution in [0.15, 0.2) is 0 Å². The van der Waals surface area contributed by atoms with E-state index in [-0.39, 0.29) is 43.5 Å². The van der Waals surface area contributed by atoms with Gasteiger partial charge in [-0.3, -0.25) is 14.4 Å². The molecule has 0 heterocycles. The van der Waals surface area contributed by atoms with Crippen molar-refractivity contribution < 1.29 is 33.4 Å². The van der Waals surface area contributed by atoms with Crippen molar-refractivity contribution in [2.45, 2.75) is 284 Å². The van der Waals surface area contributed by atoms with E-state index in [0.717, 1.165) is 38.5 Å². The summed E-state index contributed by atoms with van der Waals surface area (Å²) in [6.45, 7) is 14.3. The van der Waals surface area contributed by atoms with Gasteiger partial charge in [-0.05, 0) is 45.4 Å². The second-order valence-electron chi connectivity index (χ2n) is 19.9. The van der Waals surface area contributed by atoms with E-state index in [0.29, 0.717) is 38.5 Å². The third-order valence-electron chi connectivity index (χ3n) is 12.3. The molecule has 0 aromatic heterocycles. The smallest absolute Gasteiger partial charge is 0.407 e. The number of nitrogens with one attached hydrogen (secondary N) is 3. The van der Waals surface area contributed by atoms with Gasteiger partial charge in [-0.2, -0.15) is 0 Å². The Bertz CT molecular complexity index is 1090. The molecule has 64 heavy (non-hydrogen) atoms. The Hall–Kier alpha value is -2.36. The average Bonchev–Trinajstić information content (AvgIpc) is 3.26. The van der Waals surface area contributed by atoms with Crippen LogP contribution < -0.4 is 16.0 Å². The number of carbonyl (C=O) groups excluding carboxylic acids is 4. The Morgan fingerprint density at radius 1 is 0.469 bits per heavy atom. The molecule has 1 atom stereocenters. The summed E-state index contributed by atoms with van der Waals surface area (Å²) in [5, 5.41) is 8.62. The highest BCUT2D eigenvalue weighted by Crippen LogP contribution is 2.17. The van der Waals surface area contributed by atoms with Crippen molar-refractivity contribution in [3.05, 3.63) is 0 Å². The first-order valence-corrected chi connectivity index (χ1v) is 27.2. The Kier molecular flexibility index (Phi) is 44.1. The van der Waals surface area contributed by atoms with Gasteiger partial charge in [-0.25, -0.2) is 4.79 Å².